The van der Waals surface area contributed by atoms with Gasteiger partial charge in [0, 0.05) is 22.3 Å². The van der Waals surface area contributed by atoms with Gasteiger partial charge in [0.15, 0.2) is 0 Å². The van der Waals surface area contributed by atoms with E-state index in [2.05, 4.69) is 156 Å². The van der Waals surface area contributed by atoms with Gasteiger partial charge >= 0.3 is 17.2 Å². The molecular formula is C45H58O6P2. The van der Waals surface area contributed by atoms with Crippen LogP contribution in [0.4, 0.5) is 0 Å². The summed E-state index contributed by atoms with van der Waals surface area (Å²) in [7, 11) is -3.31. The molecule has 0 radical (unpaired) electrons. The Hall–Kier alpha value is -2.82. The standard InChI is InChI=1S/C45H58O6P2/c1-41(2,3)33-23-35(31-19-15-13-16-20-31)39(37(25-33)43(7,8)9)50-52-46-27-45(28-47-52)29-48-53(49-30-45)51-40-36(32-21-17-14-18-22-32)24-34(42(4,5)6)26-38(40)44(10,11)12/h13-26H,27-30H2,1-12H3. The van der Waals surface area contributed by atoms with Gasteiger partial charge in [-0.15, -0.1) is 0 Å². The smallest absolute Gasteiger partial charge is 0.397 e. The third-order valence-corrected chi connectivity index (χ3v) is 12.0. The molecule has 0 aromatic heterocycles. The molecule has 2 aliphatic rings. The molecule has 8 heteroatoms. The maximum Gasteiger partial charge on any atom is 0.397 e. The summed E-state index contributed by atoms with van der Waals surface area (Å²) in [5.74, 6) is 1.63. The van der Waals surface area contributed by atoms with Crippen molar-refractivity contribution in [2.75, 3.05) is 26.4 Å². The van der Waals surface area contributed by atoms with Crippen LogP contribution in [0.1, 0.15) is 105 Å². The third kappa shape index (κ3) is 9.18. The second-order valence-electron chi connectivity index (χ2n) is 18.8. The van der Waals surface area contributed by atoms with Crippen molar-refractivity contribution in [1.29, 1.82) is 0 Å². The second kappa shape index (κ2) is 15.0. The highest BCUT2D eigenvalue weighted by Crippen LogP contribution is 2.57. The number of benzene rings is 4. The Balaban J connectivity index is 1.20. The van der Waals surface area contributed by atoms with E-state index in [1.807, 2.05) is 12.1 Å². The molecule has 0 saturated carbocycles. The summed E-state index contributed by atoms with van der Waals surface area (Å²) in [6, 6.07) is 30.0. The topological polar surface area (TPSA) is 55.4 Å². The Kier molecular flexibility index (Phi) is 11.3. The molecule has 6 rings (SSSR count). The second-order valence-corrected chi connectivity index (χ2v) is 21.0. The Bertz CT molecular complexity index is 1720. The summed E-state index contributed by atoms with van der Waals surface area (Å²) in [6.07, 6.45) is 0. The summed E-state index contributed by atoms with van der Waals surface area (Å²) in [6.45, 7) is 28.5. The van der Waals surface area contributed by atoms with E-state index in [4.69, 9.17) is 27.1 Å². The number of hydrogen-bond acceptors (Lipinski definition) is 6. The molecular weight excluding hydrogens is 698 g/mol. The molecule has 284 valence electrons. The van der Waals surface area contributed by atoms with Crippen LogP contribution in [0, 0.1) is 5.41 Å². The van der Waals surface area contributed by atoms with Crippen molar-refractivity contribution in [2.45, 2.75) is 105 Å². The van der Waals surface area contributed by atoms with Crippen LogP contribution >= 0.6 is 17.2 Å². The van der Waals surface area contributed by atoms with Gasteiger partial charge in [0.1, 0.15) is 11.5 Å². The highest BCUT2D eigenvalue weighted by molar-refractivity contribution is 7.42. The lowest BCUT2D eigenvalue weighted by Crippen LogP contribution is -2.45. The molecule has 0 amide bonds. The fraction of sp³-hybridized carbons (Fsp3) is 0.467. The molecule has 2 aliphatic heterocycles. The van der Waals surface area contributed by atoms with Gasteiger partial charge in [-0.05, 0) is 56.0 Å². The van der Waals surface area contributed by atoms with E-state index in [1.54, 1.807) is 0 Å². The first-order valence-corrected chi connectivity index (χ1v) is 20.9. The first-order chi connectivity index (χ1) is 24.7. The minimum atomic E-state index is -1.65. The molecule has 0 unspecified atom stereocenters. The van der Waals surface area contributed by atoms with Gasteiger partial charge in [0.05, 0.1) is 31.8 Å². The minimum Gasteiger partial charge on any atom is -0.426 e. The van der Waals surface area contributed by atoms with Crippen LogP contribution in [0.15, 0.2) is 84.9 Å². The van der Waals surface area contributed by atoms with Crippen LogP contribution in [0.25, 0.3) is 22.3 Å². The zero-order valence-corrected chi connectivity index (χ0v) is 35.5. The largest absolute Gasteiger partial charge is 0.426 e. The lowest BCUT2D eigenvalue weighted by molar-refractivity contribution is -0.0673. The zero-order chi connectivity index (χ0) is 38.4. The lowest BCUT2D eigenvalue weighted by Gasteiger charge is -2.42. The molecule has 4 aromatic carbocycles. The maximum atomic E-state index is 6.75. The van der Waals surface area contributed by atoms with Crippen molar-refractivity contribution in [3.63, 3.8) is 0 Å². The first-order valence-electron chi connectivity index (χ1n) is 18.7. The Morgan fingerprint density at radius 1 is 0.453 bits per heavy atom. The summed E-state index contributed by atoms with van der Waals surface area (Å²) in [5.41, 5.74) is 8.21. The average molecular weight is 757 g/mol. The summed E-state index contributed by atoms with van der Waals surface area (Å²) >= 11 is 0. The molecule has 0 atom stereocenters. The SMILES string of the molecule is CC(C)(C)c1cc(-c2ccccc2)c(OP2OCC3(CO2)COP(Oc2c(-c4ccccc4)cc(C(C)(C)C)cc2C(C)(C)C)OC3)c(C(C)(C)C)c1. The number of rotatable bonds is 6. The van der Waals surface area contributed by atoms with Crippen molar-refractivity contribution >= 4 is 17.2 Å². The molecule has 0 N–H and O–H groups in total. The van der Waals surface area contributed by atoms with E-state index in [0.29, 0.717) is 26.4 Å². The molecule has 2 fully saturated rings. The lowest BCUT2D eigenvalue weighted by atomic mass is 9.78. The van der Waals surface area contributed by atoms with Gasteiger partial charge in [-0.3, -0.25) is 0 Å². The fourth-order valence-corrected chi connectivity index (χ4v) is 9.00. The normalized spacial score (nSPS) is 21.4. The van der Waals surface area contributed by atoms with Crippen molar-refractivity contribution in [2.24, 2.45) is 5.41 Å². The summed E-state index contributed by atoms with van der Waals surface area (Å²) < 4.78 is 39.1. The van der Waals surface area contributed by atoms with Crippen LogP contribution in [0.3, 0.4) is 0 Å². The van der Waals surface area contributed by atoms with Crippen LogP contribution in [0.5, 0.6) is 11.5 Å². The van der Waals surface area contributed by atoms with Gasteiger partial charge < -0.3 is 27.1 Å². The zero-order valence-electron chi connectivity index (χ0n) is 33.8. The molecule has 6 nitrogen and oxygen atoms in total. The van der Waals surface area contributed by atoms with E-state index in [-0.39, 0.29) is 21.7 Å². The molecule has 2 heterocycles. The van der Waals surface area contributed by atoms with Gasteiger partial charge in [-0.25, -0.2) is 0 Å². The van der Waals surface area contributed by atoms with Crippen molar-refractivity contribution < 1.29 is 27.1 Å². The molecule has 1 spiro atoms. The minimum absolute atomic E-state index is 0.0327. The van der Waals surface area contributed by atoms with E-state index in [1.165, 1.54) is 11.1 Å². The van der Waals surface area contributed by atoms with Gasteiger partial charge in [-0.2, -0.15) is 0 Å². The van der Waals surface area contributed by atoms with E-state index in [0.717, 1.165) is 44.9 Å². The third-order valence-electron chi connectivity index (χ3n) is 9.93. The molecule has 0 bridgehead atoms. The molecule has 53 heavy (non-hydrogen) atoms. The van der Waals surface area contributed by atoms with Crippen LogP contribution < -0.4 is 9.05 Å². The van der Waals surface area contributed by atoms with E-state index >= 15 is 0 Å². The predicted molar refractivity (Wildman–Crippen MR) is 220 cm³/mol. The fourth-order valence-electron chi connectivity index (χ4n) is 6.44. The van der Waals surface area contributed by atoms with Crippen LogP contribution in [-0.4, -0.2) is 26.4 Å². The maximum absolute atomic E-state index is 6.75. The van der Waals surface area contributed by atoms with Crippen molar-refractivity contribution in [1.82, 2.24) is 0 Å². The summed E-state index contributed by atoms with van der Waals surface area (Å²) in [5, 5.41) is 0. The highest BCUT2D eigenvalue weighted by atomic mass is 31.2. The summed E-state index contributed by atoms with van der Waals surface area (Å²) in [4.78, 5) is 0. The van der Waals surface area contributed by atoms with Crippen LogP contribution in [-0.2, 0) is 39.8 Å². The quantitative estimate of drug-likeness (QED) is 0.183. The van der Waals surface area contributed by atoms with Gasteiger partial charge in [0.2, 0.25) is 0 Å². The van der Waals surface area contributed by atoms with Crippen molar-refractivity contribution in [3.05, 3.63) is 107 Å². The molecule has 2 saturated heterocycles. The van der Waals surface area contributed by atoms with Crippen LogP contribution in [0.2, 0.25) is 0 Å². The first kappa shape index (κ1) is 39.9. The Labute approximate surface area is 320 Å². The van der Waals surface area contributed by atoms with Gasteiger partial charge in [0.25, 0.3) is 0 Å². The van der Waals surface area contributed by atoms with E-state index in [9.17, 15) is 0 Å². The average Bonchev–Trinajstić information content (AvgIpc) is 3.09. The van der Waals surface area contributed by atoms with Crippen molar-refractivity contribution in [3.8, 4) is 33.8 Å². The predicted octanol–water partition coefficient (Wildman–Crippen LogP) is 13.2. The Morgan fingerprint density at radius 3 is 1.06 bits per heavy atom. The molecule has 0 aliphatic carbocycles. The van der Waals surface area contributed by atoms with Gasteiger partial charge in [-0.1, -0.05) is 156 Å². The number of hydrogen-bond donors (Lipinski definition) is 0. The highest BCUT2D eigenvalue weighted by Gasteiger charge is 2.46. The van der Waals surface area contributed by atoms with E-state index < -0.39 is 22.6 Å². The molecule has 4 aromatic rings. The monoisotopic (exact) mass is 756 g/mol. The Morgan fingerprint density at radius 2 is 0.774 bits per heavy atom.